The van der Waals surface area contributed by atoms with Crippen LogP contribution in [0.25, 0.3) is 0 Å². The van der Waals surface area contributed by atoms with Gasteiger partial charge in [-0.1, -0.05) is 6.42 Å². The first-order chi connectivity index (χ1) is 9.83. The Balaban J connectivity index is 1.60. The van der Waals surface area contributed by atoms with E-state index in [4.69, 9.17) is 0 Å². The van der Waals surface area contributed by atoms with E-state index in [0.717, 1.165) is 19.1 Å². The number of likely N-dealkylation sites (tertiary alicyclic amines) is 1. The Morgan fingerprint density at radius 1 is 1.40 bits per heavy atom. The van der Waals surface area contributed by atoms with Gasteiger partial charge >= 0.3 is 0 Å². The van der Waals surface area contributed by atoms with E-state index in [-0.39, 0.29) is 0 Å². The first kappa shape index (κ1) is 13.8. The van der Waals surface area contributed by atoms with Gasteiger partial charge in [0.1, 0.15) is 0 Å². The van der Waals surface area contributed by atoms with Gasteiger partial charge in [0, 0.05) is 36.4 Å². The molecule has 0 radical (unpaired) electrons. The summed E-state index contributed by atoms with van der Waals surface area (Å²) in [7, 11) is 0. The third-order valence-electron chi connectivity index (χ3n) is 4.34. The van der Waals surface area contributed by atoms with Crippen LogP contribution >= 0.6 is 11.3 Å². The molecule has 0 amide bonds. The lowest BCUT2D eigenvalue weighted by Gasteiger charge is -2.35. The van der Waals surface area contributed by atoms with Gasteiger partial charge in [-0.3, -0.25) is 4.90 Å². The van der Waals surface area contributed by atoms with Gasteiger partial charge in [0.05, 0.1) is 6.33 Å². The van der Waals surface area contributed by atoms with Crippen LogP contribution in [0.5, 0.6) is 0 Å². The smallest absolute Gasteiger partial charge is 0.0945 e. The van der Waals surface area contributed by atoms with Crippen molar-refractivity contribution in [2.24, 2.45) is 0 Å². The van der Waals surface area contributed by atoms with Gasteiger partial charge < -0.3 is 4.57 Å². The first-order valence-electron chi connectivity index (χ1n) is 7.55. The Morgan fingerprint density at radius 3 is 3.10 bits per heavy atom. The number of aryl methyl sites for hydroxylation is 2. The highest BCUT2D eigenvalue weighted by Crippen LogP contribution is 2.25. The molecule has 108 valence electrons. The molecule has 1 unspecified atom stereocenters. The molecular formula is C16H23N3S. The van der Waals surface area contributed by atoms with Crippen molar-refractivity contribution >= 4 is 11.3 Å². The molecule has 0 spiro atoms. The lowest BCUT2D eigenvalue weighted by molar-refractivity contribution is 0.129. The molecule has 3 heterocycles. The molecule has 1 saturated heterocycles. The zero-order valence-electron chi connectivity index (χ0n) is 12.2. The second-order valence-corrected chi connectivity index (χ2v) is 6.74. The molecule has 0 N–H and O–H groups in total. The normalized spacial score (nSPS) is 20.4. The number of piperidine rings is 1. The number of hydrogen-bond donors (Lipinski definition) is 0. The van der Waals surface area contributed by atoms with Gasteiger partial charge in [0.25, 0.3) is 0 Å². The van der Waals surface area contributed by atoms with Crippen LogP contribution in [-0.4, -0.2) is 27.0 Å². The van der Waals surface area contributed by atoms with Gasteiger partial charge in [0.15, 0.2) is 0 Å². The van der Waals surface area contributed by atoms with Crippen LogP contribution in [0.4, 0.5) is 0 Å². The summed E-state index contributed by atoms with van der Waals surface area (Å²) in [5.41, 5.74) is 1.45. The van der Waals surface area contributed by atoms with Crippen molar-refractivity contribution in [3.63, 3.8) is 0 Å². The van der Waals surface area contributed by atoms with Gasteiger partial charge in [-0.25, -0.2) is 4.98 Å². The minimum Gasteiger partial charge on any atom is -0.337 e. The van der Waals surface area contributed by atoms with E-state index >= 15 is 0 Å². The molecular weight excluding hydrogens is 266 g/mol. The van der Waals surface area contributed by atoms with Crippen LogP contribution in [0.1, 0.15) is 36.1 Å². The summed E-state index contributed by atoms with van der Waals surface area (Å²) >= 11 is 1.90. The number of imidazole rings is 1. The van der Waals surface area contributed by atoms with Crippen molar-refractivity contribution < 1.29 is 0 Å². The van der Waals surface area contributed by atoms with Gasteiger partial charge in [0.2, 0.25) is 0 Å². The molecule has 1 atom stereocenters. The van der Waals surface area contributed by atoms with E-state index in [9.17, 15) is 0 Å². The third-order valence-corrected chi connectivity index (χ3v) is 5.35. The van der Waals surface area contributed by atoms with Crippen molar-refractivity contribution in [3.05, 3.63) is 40.6 Å². The second kappa shape index (κ2) is 6.55. The SMILES string of the molecule is Cc1ccsc1CN1CCCCC1CCn1ccnc1. The molecule has 1 aliphatic rings. The highest BCUT2D eigenvalue weighted by molar-refractivity contribution is 7.10. The fourth-order valence-corrected chi connectivity index (χ4v) is 3.99. The lowest BCUT2D eigenvalue weighted by Crippen LogP contribution is -2.39. The summed E-state index contributed by atoms with van der Waals surface area (Å²) in [6.07, 6.45) is 11.2. The predicted molar refractivity (Wildman–Crippen MR) is 83.9 cm³/mol. The maximum absolute atomic E-state index is 4.13. The van der Waals surface area contributed by atoms with Crippen molar-refractivity contribution in [2.45, 2.75) is 51.7 Å². The summed E-state index contributed by atoms with van der Waals surface area (Å²) in [5.74, 6) is 0. The van der Waals surface area contributed by atoms with E-state index < -0.39 is 0 Å². The topological polar surface area (TPSA) is 21.1 Å². The molecule has 20 heavy (non-hydrogen) atoms. The monoisotopic (exact) mass is 289 g/mol. The molecule has 2 aromatic heterocycles. The minimum absolute atomic E-state index is 0.729. The van der Waals surface area contributed by atoms with Crippen LogP contribution in [0.15, 0.2) is 30.2 Å². The van der Waals surface area contributed by atoms with Crippen LogP contribution in [0.2, 0.25) is 0 Å². The van der Waals surface area contributed by atoms with E-state index in [1.165, 1.54) is 37.8 Å². The average molecular weight is 289 g/mol. The number of aromatic nitrogens is 2. The Kier molecular flexibility index (Phi) is 4.53. The molecule has 0 bridgehead atoms. The molecule has 1 aliphatic heterocycles. The fourth-order valence-electron chi connectivity index (χ4n) is 3.06. The maximum atomic E-state index is 4.13. The summed E-state index contributed by atoms with van der Waals surface area (Å²) in [5, 5.41) is 2.22. The molecule has 3 nitrogen and oxygen atoms in total. The Bertz CT molecular complexity index is 518. The summed E-state index contributed by atoms with van der Waals surface area (Å²) in [4.78, 5) is 8.36. The van der Waals surface area contributed by atoms with E-state index in [1.807, 2.05) is 23.9 Å². The van der Waals surface area contributed by atoms with Crippen LogP contribution < -0.4 is 0 Å². The zero-order valence-corrected chi connectivity index (χ0v) is 13.0. The van der Waals surface area contributed by atoms with E-state index in [0.29, 0.717) is 0 Å². The summed E-state index contributed by atoms with van der Waals surface area (Å²) in [6, 6.07) is 2.97. The van der Waals surface area contributed by atoms with Crippen molar-refractivity contribution in [2.75, 3.05) is 6.54 Å². The van der Waals surface area contributed by atoms with E-state index in [2.05, 4.69) is 39.0 Å². The Hall–Kier alpha value is -1.13. The number of thiophene rings is 1. The molecule has 3 rings (SSSR count). The summed E-state index contributed by atoms with van der Waals surface area (Å²) < 4.78 is 2.20. The van der Waals surface area contributed by atoms with Gasteiger partial charge in [-0.05, 0) is 49.7 Å². The van der Waals surface area contributed by atoms with Crippen LogP contribution in [-0.2, 0) is 13.1 Å². The van der Waals surface area contributed by atoms with Crippen molar-refractivity contribution in [3.8, 4) is 0 Å². The van der Waals surface area contributed by atoms with Crippen LogP contribution in [0.3, 0.4) is 0 Å². The van der Waals surface area contributed by atoms with Crippen molar-refractivity contribution in [1.82, 2.24) is 14.5 Å². The molecule has 4 heteroatoms. The third kappa shape index (κ3) is 3.30. The predicted octanol–water partition coefficient (Wildman–Crippen LogP) is 3.70. The Labute approximate surface area is 125 Å². The standard InChI is InChI=1S/C16H23N3S/c1-14-6-11-20-16(14)12-19-8-3-2-4-15(19)5-9-18-10-7-17-13-18/h6-7,10-11,13,15H,2-5,8-9,12H2,1H3. The fraction of sp³-hybridized carbons (Fsp3) is 0.562. The van der Waals surface area contributed by atoms with Crippen LogP contribution in [0, 0.1) is 6.92 Å². The summed E-state index contributed by atoms with van der Waals surface area (Å²) in [6.45, 7) is 5.71. The van der Waals surface area contributed by atoms with Gasteiger partial charge in [-0.2, -0.15) is 0 Å². The largest absolute Gasteiger partial charge is 0.337 e. The quantitative estimate of drug-likeness (QED) is 0.837. The highest BCUT2D eigenvalue weighted by atomic mass is 32.1. The lowest BCUT2D eigenvalue weighted by atomic mass is 9.99. The van der Waals surface area contributed by atoms with E-state index in [1.54, 1.807) is 4.88 Å². The minimum atomic E-state index is 0.729. The average Bonchev–Trinajstić information content (AvgIpc) is 3.11. The Morgan fingerprint density at radius 2 is 2.35 bits per heavy atom. The molecule has 0 saturated carbocycles. The molecule has 0 aliphatic carbocycles. The zero-order chi connectivity index (χ0) is 13.8. The molecule has 0 aromatic carbocycles. The maximum Gasteiger partial charge on any atom is 0.0945 e. The van der Waals surface area contributed by atoms with Crippen molar-refractivity contribution in [1.29, 1.82) is 0 Å². The second-order valence-electron chi connectivity index (χ2n) is 5.74. The number of rotatable bonds is 5. The molecule has 2 aromatic rings. The van der Waals surface area contributed by atoms with Gasteiger partial charge in [-0.15, -0.1) is 11.3 Å². The number of hydrogen-bond acceptors (Lipinski definition) is 3. The number of nitrogens with zero attached hydrogens (tertiary/aromatic N) is 3. The highest BCUT2D eigenvalue weighted by Gasteiger charge is 2.22. The first-order valence-corrected chi connectivity index (χ1v) is 8.43. The molecule has 1 fully saturated rings.